The van der Waals surface area contributed by atoms with Crippen molar-refractivity contribution in [1.29, 1.82) is 0 Å². The van der Waals surface area contributed by atoms with E-state index in [4.69, 9.17) is 9.47 Å². The Labute approximate surface area is 131 Å². The largest absolute Gasteiger partial charge is 0.504 e. The van der Waals surface area contributed by atoms with Crippen LogP contribution >= 0.6 is 0 Å². The average Bonchev–Trinajstić information content (AvgIpc) is 2.49. The van der Waals surface area contributed by atoms with E-state index in [1.165, 1.54) is 6.92 Å². The summed E-state index contributed by atoms with van der Waals surface area (Å²) in [5, 5.41) is 48.8. The first kappa shape index (κ1) is 16.0. The van der Waals surface area contributed by atoms with E-state index in [9.17, 15) is 30.3 Å². The highest BCUT2D eigenvalue weighted by Gasteiger charge is 2.45. The number of phenols is 2. The molecule has 0 aliphatic carbocycles. The maximum absolute atomic E-state index is 12.2. The molecule has 126 valence electrons. The van der Waals surface area contributed by atoms with Crippen molar-refractivity contribution < 1.29 is 39.8 Å². The fourth-order valence-electron chi connectivity index (χ4n) is 3.10. The topological polar surface area (TPSA) is 137 Å². The van der Waals surface area contributed by atoms with Crippen LogP contribution in [0.25, 0.3) is 0 Å². The van der Waals surface area contributed by atoms with Gasteiger partial charge in [-0.3, -0.25) is 4.79 Å². The first-order chi connectivity index (χ1) is 10.8. The van der Waals surface area contributed by atoms with Crippen LogP contribution in [-0.2, 0) is 9.53 Å². The van der Waals surface area contributed by atoms with Gasteiger partial charge in [0, 0.05) is 17.0 Å². The number of aliphatic hydroxyl groups is 3. The molecular formula is C15H18O8. The molecule has 23 heavy (non-hydrogen) atoms. The summed E-state index contributed by atoms with van der Waals surface area (Å²) in [6, 6.07) is 1.16. The van der Waals surface area contributed by atoms with Gasteiger partial charge in [0.25, 0.3) is 0 Å². The van der Waals surface area contributed by atoms with Crippen molar-refractivity contribution in [2.24, 2.45) is 5.92 Å². The van der Waals surface area contributed by atoms with Crippen LogP contribution in [0.2, 0.25) is 0 Å². The summed E-state index contributed by atoms with van der Waals surface area (Å²) in [6.07, 6.45) is -3.52. The van der Waals surface area contributed by atoms with Gasteiger partial charge in [0.1, 0.15) is 0 Å². The lowest BCUT2D eigenvalue weighted by Crippen LogP contribution is -2.40. The molecule has 1 aromatic rings. The third-order valence-electron chi connectivity index (χ3n) is 4.42. The number of benzene rings is 1. The van der Waals surface area contributed by atoms with Gasteiger partial charge in [0.15, 0.2) is 17.8 Å². The average molecular weight is 326 g/mol. The molecule has 5 N–H and O–H groups in total. The second kappa shape index (κ2) is 5.64. The van der Waals surface area contributed by atoms with Crippen molar-refractivity contribution >= 4 is 5.97 Å². The molecule has 1 aromatic carbocycles. The minimum Gasteiger partial charge on any atom is -0.504 e. The van der Waals surface area contributed by atoms with Crippen LogP contribution < -0.4 is 4.74 Å². The minimum absolute atomic E-state index is 0.0162. The summed E-state index contributed by atoms with van der Waals surface area (Å²) in [4.78, 5) is 12.2. The van der Waals surface area contributed by atoms with E-state index in [2.05, 4.69) is 0 Å². The Hall–Kier alpha value is -1.87. The Balaban J connectivity index is 2.06. The van der Waals surface area contributed by atoms with Crippen molar-refractivity contribution in [3.05, 3.63) is 17.2 Å². The Kier molecular flexibility index (Phi) is 3.93. The summed E-state index contributed by atoms with van der Waals surface area (Å²) in [6.45, 7) is 1.39. The predicted molar refractivity (Wildman–Crippen MR) is 74.9 cm³/mol. The molecule has 8 nitrogen and oxygen atoms in total. The highest BCUT2D eigenvalue weighted by Crippen LogP contribution is 2.53. The van der Waals surface area contributed by atoms with Crippen LogP contribution in [-0.4, -0.2) is 50.3 Å². The molecule has 0 saturated carbocycles. The van der Waals surface area contributed by atoms with E-state index in [1.54, 1.807) is 0 Å². The molecule has 0 aromatic heterocycles. The van der Waals surface area contributed by atoms with E-state index in [-0.39, 0.29) is 24.3 Å². The number of rotatable bonds is 3. The van der Waals surface area contributed by atoms with Gasteiger partial charge >= 0.3 is 5.97 Å². The van der Waals surface area contributed by atoms with Gasteiger partial charge in [0.2, 0.25) is 5.75 Å². The van der Waals surface area contributed by atoms with Crippen LogP contribution in [0.1, 0.15) is 36.7 Å². The monoisotopic (exact) mass is 326 g/mol. The van der Waals surface area contributed by atoms with Crippen LogP contribution in [0.5, 0.6) is 17.2 Å². The number of ether oxygens (including phenoxy) is 2. The van der Waals surface area contributed by atoms with E-state index < -0.39 is 47.8 Å². The van der Waals surface area contributed by atoms with Crippen molar-refractivity contribution in [2.45, 2.75) is 37.8 Å². The quantitative estimate of drug-likeness (QED) is 0.294. The number of aliphatic hydroxyl groups excluding tert-OH is 3. The summed E-state index contributed by atoms with van der Waals surface area (Å²) in [5.41, 5.74) is 0.581. The third kappa shape index (κ3) is 2.53. The smallest absolute Gasteiger partial charge is 0.315 e. The highest BCUT2D eigenvalue weighted by molar-refractivity contribution is 5.82. The molecule has 5 atom stereocenters. The summed E-state index contributed by atoms with van der Waals surface area (Å²) < 4.78 is 10.3. The van der Waals surface area contributed by atoms with Crippen molar-refractivity contribution in [3.8, 4) is 17.2 Å². The first-order valence-electron chi connectivity index (χ1n) is 7.27. The zero-order valence-electron chi connectivity index (χ0n) is 12.3. The van der Waals surface area contributed by atoms with E-state index in [0.717, 1.165) is 6.07 Å². The zero-order chi connectivity index (χ0) is 16.9. The normalized spacial score (nSPS) is 28.7. The molecule has 8 heteroatoms. The van der Waals surface area contributed by atoms with Gasteiger partial charge < -0.3 is 35.0 Å². The first-order valence-corrected chi connectivity index (χ1v) is 7.27. The Morgan fingerprint density at radius 1 is 1.35 bits per heavy atom. The Morgan fingerprint density at radius 2 is 2.04 bits per heavy atom. The minimum atomic E-state index is -1.31. The van der Waals surface area contributed by atoms with Crippen LogP contribution in [0.4, 0.5) is 0 Å². The van der Waals surface area contributed by atoms with E-state index in [1.807, 2.05) is 0 Å². The molecule has 0 amide bonds. The maximum atomic E-state index is 12.2. The van der Waals surface area contributed by atoms with Gasteiger partial charge in [-0.15, -0.1) is 0 Å². The third-order valence-corrected chi connectivity index (χ3v) is 4.42. The number of phenolic OH excluding ortho intramolecular Hbond substituents is 2. The lowest BCUT2D eigenvalue weighted by molar-refractivity contribution is -0.153. The molecular weight excluding hydrogens is 308 g/mol. The molecule has 0 radical (unpaired) electrons. The molecule has 2 heterocycles. The fraction of sp³-hybridized carbons (Fsp3) is 0.533. The van der Waals surface area contributed by atoms with Crippen LogP contribution in [0.15, 0.2) is 6.07 Å². The maximum Gasteiger partial charge on any atom is 0.315 e. The molecule has 0 spiro atoms. The SMILES string of the molecule is CC(O)C(O)CC1C(=O)Oc2c(O)c(O)cc3c2C1COC3O. The lowest BCUT2D eigenvalue weighted by atomic mass is 9.77. The Morgan fingerprint density at radius 3 is 2.70 bits per heavy atom. The van der Waals surface area contributed by atoms with Gasteiger partial charge in [0.05, 0.1) is 24.7 Å². The molecule has 0 fully saturated rings. The Bertz CT molecular complexity index is 641. The number of hydrogen-bond donors (Lipinski definition) is 5. The molecule has 0 saturated heterocycles. The lowest BCUT2D eigenvalue weighted by Gasteiger charge is -2.38. The van der Waals surface area contributed by atoms with E-state index >= 15 is 0 Å². The van der Waals surface area contributed by atoms with Crippen molar-refractivity contribution in [2.75, 3.05) is 6.61 Å². The van der Waals surface area contributed by atoms with Crippen LogP contribution in [0, 0.1) is 5.92 Å². The second-order valence-electron chi connectivity index (χ2n) is 5.94. The van der Waals surface area contributed by atoms with Gasteiger partial charge in [-0.2, -0.15) is 0 Å². The standard InChI is InChI=1S/C15H18O8/c1-5(16)9(17)2-6-8-4-22-14(20)7-3-10(18)12(19)13(11(7)8)23-15(6)21/h3,5-6,8-9,14,16-20H,2,4H2,1H3. The number of carbonyl (C=O) groups is 1. The number of aromatic hydroxyl groups is 2. The fourth-order valence-corrected chi connectivity index (χ4v) is 3.10. The van der Waals surface area contributed by atoms with Crippen molar-refractivity contribution in [3.63, 3.8) is 0 Å². The van der Waals surface area contributed by atoms with Gasteiger partial charge in [-0.25, -0.2) is 0 Å². The van der Waals surface area contributed by atoms with Gasteiger partial charge in [-0.1, -0.05) is 0 Å². The van der Waals surface area contributed by atoms with Crippen molar-refractivity contribution in [1.82, 2.24) is 0 Å². The zero-order valence-corrected chi connectivity index (χ0v) is 12.3. The molecule has 2 aliphatic rings. The summed E-state index contributed by atoms with van der Waals surface area (Å²) >= 11 is 0. The number of esters is 1. The van der Waals surface area contributed by atoms with Crippen LogP contribution in [0.3, 0.4) is 0 Å². The van der Waals surface area contributed by atoms with Gasteiger partial charge in [-0.05, 0) is 19.4 Å². The predicted octanol–water partition coefficient (Wildman–Crippen LogP) is -0.130. The summed E-state index contributed by atoms with van der Waals surface area (Å²) in [5.74, 6) is -3.37. The molecule has 3 rings (SSSR count). The number of carbonyl (C=O) groups excluding carboxylic acids is 1. The number of hydrogen-bond acceptors (Lipinski definition) is 8. The van der Waals surface area contributed by atoms with E-state index in [0.29, 0.717) is 5.56 Å². The molecule has 5 unspecified atom stereocenters. The summed E-state index contributed by atoms with van der Waals surface area (Å²) in [7, 11) is 0. The highest BCUT2D eigenvalue weighted by atomic mass is 16.6. The second-order valence-corrected chi connectivity index (χ2v) is 5.94. The molecule has 2 aliphatic heterocycles. The molecule has 0 bridgehead atoms.